The largest absolute Gasteiger partial charge is 0.0946 e. The number of rotatable bonds is 7. The Balaban J connectivity index is 1.71. The summed E-state index contributed by atoms with van der Waals surface area (Å²) in [6.07, 6.45) is 7.58. The van der Waals surface area contributed by atoms with Gasteiger partial charge in [0.2, 0.25) is 0 Å². The maximum absolute atomic E-state index is 2.49. The lowest BCUT2D eigenvalue weighted by Crippen LogP contribution is -1.87. The summed E-state index contributed by atoms with van der Waals surface area (Å²) in [4.78, 5) is 2.94. The van der Waals surface area contributed by atoms with E-state index >= 15 is 0 Å². The second-order valence-electron chi connectivity index (χ2n) is 6.02. The first-order valence-electron chi connectivity index (χ1n) is 8.36. The van der Waals surface area contributed by atoms with Crippen LogP contribution >= 0.6 is 11.8 Å². The Morgan fingerprint density at radius 1 is 1.05 bits per heavy atom. The van der Waals surface area contributed by atoms with E-state index in [4.69, 9.17) is 0 Å². The van der Waals surface area contributed by atoms with E-state index < -0.39 is 0 Å². The van der Waals surface area contributed by atoms with Gasteiger partial charge in [0.25, 0.3) is 0 Å². The Morgan fingerprint density at radius 3 is 2.41 bits per heavy atom. The highest BCUT2D eigenvalue weighted by Gasteiger charge is 2.40. The van der Waals surface area contributed by atoms with E-state index in [-0.39, 0.29) is 0 Å². The third-order valence-corrected chi connectivity index (χ3v) is 5.48. The smallest absolute Gasteiger partial charge is 0.0119 e. The van der Waals surface area contributed by atoms with Gasteiger partial charge in [-0.25, -0.2) is 0 Å². The summed E-state index contributed by atoms with van der Waals surface area (Å²) in [5, 5.41) is 0. The van der Waals surface area contributed by atoms with Crippen molar-refractivity contribution >= 4 is 11.8 Å². The van der Waals surface area contributed by atoms with E-state index in [1.54, 1.807) is 4.91 Å². The van der Waals surface area contributed by atoms with E-state index in [2.05, 4.69) is 73.7 Å². The van der Waals surface area contributed by atoms with Crippen molar-refractivity contribution in [3.8, 4) is 0 Å². The standard InChI is InChI=1S/C21H24S/c1-2-3-6-15-21(22-18-13-9-5-10-14-18)20-16-19(20)17-11-7-4-8-12-17/h4-5,7-15,19-20H,2-3,6,16H2,1H3/b21-15+. The van der Waals surface area contributed by atoms with Crippen molar-refractivity contribution in [3.05, 3.63) is 77.2 Å². The minimum Gasteiger partial charge on any atom is -0.0946 e. The normalized spacial score (nSPS) is 20.9. The molecule has 2 aromatic rings. The molecule has 0 radical (unpaired) electrons. The topological polar surface area (TPSA) is 0 Å². The van der Waals surface area contributed by atoms with Gasteiger partial charge < -0.3 is 0 Å². The lowest BCUT2D eigenvalue weighted by atomic mass is 10.1. The third kappa shape index (κ3) is 4.04. The Bertz CT molecular complexity index is 600. The van der Waals surface area contributed by atoms with E-state index in [1.807, 2.05) is 11.8 Å². The minimum atomic E-state index is 0.726. The summed E-state index contributed by atoms with van der Waals surface area (Å²) in [6, 6.07) is 21.8. The van der Waals surface area contributed by atoms with Crippen LogP contribution in [0.3, 0.4) is 0 Å². The molecule has 0 N–H and O–H groups in total. The Kier molecular flexibility index (Phi) is 5.39. The summed E-state index contributed by atoms with van der Waals surface area (Å²) >= 11 is 1.97. The van der Waals surface area contributed by atoms with Crippen LogP contribution in [0.15, 0.2) is 76.5 Å². The zero-order valence-corrected chi connectivity index (χ0v) is 14.1. The minimum absolute atomic E-state index is 0.726. The molecule has 1 aliphatic carbocycles. The summed E-state index contributed by atoms with van der Waals surface area (Å²) in [5.41, 5.74) is 1.50. The predicted molar refractivity (Wildman–Crippen MR) is 97.2 cm³/mol. The quantitative estimate of drug-likeness (QED) is 0.407. The molecule has 22 heavy (non-hydrogen) atoms. The van der Waals surface area contributed by atoms with E-state index in [0.717, 1.165) is 11.8 Å². The number of allylic oxidation sites excluding steroid dienone is 2. The van der Waals surface area contributed by atoms with Gasteiger partial charge in [-0.05, 0) is 47.3 Å². The fourth-order valence-corrected chi connectivity index (χ4v) is 4.10. The second kappa shape index (κ2) is 7.69. The number of unbranched alkanes of at least 4 members (excludes halogenated alkanes) is 2. The average molecular weight is 308 g/mol. The number of benzene rings is 2. The van der Waals surface area contributed by atoms with Gasteiger partial charge in [-0.1, -0.05) is 86.1 Å². The lowest BCUT2D eigenvalue weighted by Gasteiger charge is -2.08. The Morgan fingerprint density at radius 2 is 1.73 bits per heavy atom. The molecule has 0 amide bonds. The second-order valence-corrected chi connectivity index (χ2v) is 7.17. The van der Waals surface area contributed by atoms with E-state index in [9.17, 15) is 0 Å². The molecule has 0 aliphatic heterocycles. The van der Waals surface area contributed by atoms with Gasteiger partial charge in [-0.15, -0.1) is 0 Å². The van der Waals surface area contributed by atoms with Crippen LogP contribution in [0.25, 0.3) is 0 Å². The zero-order chi connectivity index (χ0) is 15.2. The molecule has 0 bridgehead atoms. The van der Waals surface area contributed by atoms with Gasteiger partial charge in [-0.2, -0.15) is 0 Å². The zero-order valence-electron chi connectivity index (χ0n) is 13.2. The highest BCUT2D eigenvalue weighted by atomic mass is 32.2. The van der Waals surface area contributed by atoms with Crippen LogP contribution in [-0.4, -0.2) is 0 Å². The fraction of sp³-hybridized carbons (Fsp3) is 0.333. The molecule has 0 saturated heterocycles. The van der Waals surface area contributed by atoms with Crippen molar-refractivity contribution in [2.24, 2.45) is 5.92 Å². The number of thioether (sulfide) groups is 1. The van der Waals surface area contributed by atoms with Crippen LogP contribution in [-0.2, 0) is 0 Å². The fourth-order valence-electron chi connectivity index (χ4n) is 2.92. The first-order chi connectivity index (χ1) is 10.9. The summed E-state index contributed by atoms with van der Waals surface area (Å²) in [6.45, 7) is 2.27. The monoisotopic (exact) mass is 308 g/mol. The molecule has 0 spiro atoms. The van der Waals surface area contributed by atoms with Crippen molar-refractivity contribution in [1.29, 1.82) is 0 Å². The van der Waals surface area contributed by atoms with Gasteiger partial charge in [0, 0.05) is 4.90 Å². The SMILES string of the molecule is CCCC/C=C(/Sc1ccccc1)C1CC1c1ccccc1. The van der Waals surface area contributed by atoms with Crippen LogP contribution in [0.2, 0.25) is 0 Å². The van der Waals surface area contributed by atoms with Crippen molar-refractivity contribution < 1.29 is 0 Å². The van der Waals surface area contributed by atoms with Crippen molar-refractivity contribution in [2.45, 2.75) is 43.4 Å². The van der Waals surface area contributed by atoms with Crippen molar-refractivity contribution in [2.75, 3.05) is 0 Å². The molecule has 0 heterocycles. The third-order valence-electron chi connectivity index (χ3n) is 4.27. The first-order valence-corrected chi connectivity index (χ1v) is 9.18. The van der Waals surface area contributed by atoms with Gasteiger partial charge >= 0.3 is 0 Å². The van der Waals surface area contributed by atoms with Gasteiger partial charge in [0.1, 0.15) is 0 Å². The lowest BCUT2D eigenvalue weighted by molar-refractivity contribution is 0.808. The molecule has 114 valence electrons. The molecule has 1 fully saturated rings. The predicted octanol–water partition coefficient (Wildman–Crippen LogP) is 6.66. The molecule has 1 aliphatic rings. The van der Waals surface area contributed by atoms with Gasteiger partial charge in [-0.3, -0.25) is 0 Å². The Hall–Kier alpha value is -1.47. The van der Waals surface area contributed by atoms with Crippen LogP contribution in [0.1, 0.15) is 44.1 Å². The molecule has 0 nitrogen and oxygen atoms in total. The van der Waals surface area contributed by atoms with Crippen LogP contribution in [0.4, 0.5) is 0 Å². The molecule has 2 aromatic carbocycles. The molecule has 0 aromatic heterocycles. The highest BCUT2D eigenvalue weighted by molar-refractivity contribution is 8.03. The number of hydrogen-bond acceptors (Lipinski definition) is 1. The van der Waals surface area contributed by atoms with Crippen LogP contribution in [0.5, 0.6) is 0 Å². The summed E-state index contributed by atoms with van der Waals surface area (Å²) in [7, 11) is 0. The van der Waals surface area contributed by atoms with E-state index in [1.165, 1.54) is 36.1 Å². The average Bonchev–Trinajstić information content (AvgIpc) is 3.36. The summed E-state index contributed by atoms with van der Waals surface area (Å²) in [5.74, 6) is 1.45. The maximum Gasteiger partial charge on any atom is 0.0119 e. The molecule has 2 atom stereocenters. The van der Waals surface area contributed by atoms with Gasteiger partial charge in [0.15, 0.2) is 0 Å². The van der Waals surface area contributed by atoms with Gasteiger partial charge in [0.05, 0.1) is 0 Å². The Labute approximate surface area is 138 Å². The maximum atomic E-state index is 2.49. The molecule has 1 saturated carbocycles. The van der Waals surface area contributed by atoms with Crippen molar-refractivity contribution in [1.82, 2.24) is 0 Å². The van der Waals surface area contributed by atoms with Crippen LogP contribution < -0.4 is 0 Å². The molecule has 2 unspecified atom stereocenters. The molecular formula is C21H24S. The van der Waals surface area contributed by atoms with Crippen molar-refractivity contribution in [3.63, 3.8) is 0 Å². The molecular weight excluding hydrogens is 284 g/mol. The van der Waals surface area contributed by atoms with Crippen LogP contribution in [0, 0.1) is 5.92 Å². The molecule has 3 rings (SSSR count). The van der Waals surface area contributed by atoms with E-state index in [0.29, 0.717) is 0 Å². The summed E-state index contributed by atoms with van der Waals surface area (Å²) < 4.78 is 0. The number of hydrogen-bond donors (Lipinski definition) is 0. The molecule has 1 heteroatoms. The first kappa shape index (κ1) is 15.4. The highest BCUT2D eigenvalue weighted by Crippen LogP contribution is 2.55.